The van der Waals surface area contributed by atoms with Crippen LogP contribution in [0.25, 0.3) is 6.08 Å². The Morgan fingerprint density at radius 1 is 1.15 bits per heavy atom. The molecule has 9 heteroatoms. The van der Waals surface area contributed by atoms with Crippen LogP contribution in [0.3, 0.4) is 0 Å². The zero-order valence-corrected chi connectivity index (χ0v) is 13.9. The largest absolute Gasteiger partial charge is 0.508 e. The normalized spacial score (nSPS) is 28.7. The molecule has 5 atom stereocenters. The number of hydrogen-bond acceptors (Lipinski definition) is 9. The smallest absolute Gasteiger partial charge is 0.331 e. The molecule has 142 valence electrons. The lowest BCUT2D eigenvalue weighted by molar-refractivity contribution is -0.292. The van der Waals surface area contributed by atoms with Gasteiger partial charge in [-0.05, 0) is 23.8 Å². The van der Waals surface area contributed by atoms with E-state index >= 15 is 0 Å². The van der Waals surface area contributed by atoms with E-state index < -0.39 is 49.3 Å². The predicted molar refractivity (Wildman–Crippen MR) is 86.5 cm³/mol. The number of esters is 2. The summed E-state index contributed by atoms with van der Waals surface area (Å²) in [6, 6.07) is 6.00. The Bertz CT molecular complexity index is 655. The molecule has 1 aromatic carbocycles. The van der Waals surface area contributed by atoms with E-state index in [1.165, 1.54) is 18.2 Å². The molecule has 0 aromatic heterocycles. The minimum Gasteiger partial charge on any atom is -0.508 e. The number of aliphatic hydroxyl groups is 3. The van der Waals surface area contributed by atoms with Crippen molar-refractivity contribution in [2.24, 2.45) is 0 Å². The van der Waals surface area contributed by atoms with Crippen molar-refractivity contribution < 1.29 is 44.2 Å². The maximum absolute atomic E-state index is 12.0. The first-order valence-corrected chi connectivity index (χ1v) is 7.79. The SMILES string of the molecule is CC(=O)O[C@@H]1[C@@H](O)[C@H](CO)O[C@H](O)[C@H]1OC(=O)/C=C/c1ccc(O)cc1. The fourth-order valence-electron chi connectivity index (χ4n) is 2.43. The lowest BCUT2D eigenvalue weighted by atomic mass is 9.99. The summed E-state index contributed by atoms with van der Waals surface area (Å²) >= 11 is 0. The van der Waals surface area contributed by atoms with Crippen molar-refractivity contribution in [3.63, 3.8) is 0 Å². The monoisotopic (exact) mass is 368 g/mol. The highest BCUT2D eigenvalue weighted by Gasteiger charge is 2.48. The minimum atomic E-state index is -1.70. The summed E-state index contributed by atoms with van der Waals surface area (Å²) in [5, 5.41) is 38.4. The van der Waals surface area contributed by atoms with E-state index in [0.29, 0.717) is 5.56 Å². The number of carbonyl (C=O) groups excluding carboxylic acids is 2. The van der Waals surface area contributed by atoms with Gasteiger partial charge in [-0.2, -0.15) is 0 Å². The van der Waals surface area contributed by atoms with Gasteiger partial charge in [-0.1, -0.05) is 12.1 Å². The molecule has 1 aromatic rings. The summed E-state index contributed by atoms with van der Waals surface area (Å²) in [6.07, 6.45) is -4.80. The van der Waals surface area contributed by atoms with Crippen molar-refractivity contribution >= 4 is 18.0 Å². The third-order valence-electron chi connectivity index (χ3n) is 3.68. The van der Waals surface area contributed by atoms with E-state index in [2.05, 4.69) is 0 Å². The Labute approximate surface area is 149 Å². The van der Waals surface area contributed by atoms with Gasteiger partial charge in [-0.15, -0.1) is 0 Å². The molecule has 26 heavy (non-hydrogen) atoms. The van der Waals surface area contributed by atoms with Crippen molar-refractivity contribution in [2.75, 3.05) is 6.61 Å². The van der Waals surface area contributed by atoms with E-state index in [-0.39, 0.29) is 5.75 Å². The third-order valence-corrected chi connectivity index (χ3v) is 3.68. The number of aliphatic hydroxyl groups excluding tert-OH is 3. The van der Waals surface area contributed by atoms with Gasteiger partial charge in [0, 0.05) is 13.0 Å². The molecule has 0 aliphatic carbocycles. The third kappa shape index (κ3) is 5.02. The second-order valence-electron chi connectivity index (χ2n) is 5.64. The van der Waals surface area contributed by atoms with Crippen molar-refractivity contribution in [2.45, 2.75) is 37.6 Å². The zero-order valence-electron chi connectivity index (χ0n) is 13.9. The first kappa shape index (κ1) is 19.9. The highest BCUT2D eigenvalue weighted by atomic mass is 16.7. The van der Waals surface area contributed by atoms with Crippen LogP contribution in [-0.2, 0) is 23.8 Å². The maximum atomic E-state index is 12.0. The molecule has 9 nitrogen and oxygen atoms in total. The second-order valence-corrected chi connectivity index (χ2v) is 5.64. The number of rotatable bonds is 5. The fourth-order valence-corrected chi connectivity index (χ4v) is 2.43. The Morgan fingerprint density at radius 3 is 2.38 bits per heavy atom. The lowest BCUT2D eigenvalue weighted by Crippen LogP contribution is -2.61. The van der Waals surface area contributed by atoms with Gasteiger partial charge in [0.1, 0.15) is 18.0 Å². The van der Waals surface area contributed by atoms with Crippen LogP contribution in [-0.4, -0.2) is 69.7 Å². The minimum absolute atomic E-state index is 0.0730. The topological polar surface area (TPSA) is 143 Å². The Hall–Kier alpha value is -2.46. The summed E-state index contributed by atoms with van der Waals surface area (Å²) in [5.74, 6) is -1.57. The molecule has 0 bridgehead atoms. The van der Waals surface area contributed by atoms with Crippen LogP contribution in [0.5, 0.6) is 5.75 Å². The number of benzene rings is 1. The van der Waals surface area contributed by atoms with Gasteiger partial charge in [0.25, 0.3) is 0 Å². The van der Waals surface area contributed by atoms with Gasteiger partial charge in [-0.3, -0.25) is 4.79 Å². The van der Waals surface area contributed by atoms with Crippen LogP contribution < -0.4 is 0 Å². The molecule has 2 rings (SSSR count). The average molecular weight is 368 g/mol. The standard InChI is InChI=1S/C17H20O9/c1-9(19)24-15-14(22)12(8-18)25-17(23)16(15)26-13(21)7-4-10-2-5-11(20)6-3-10/h2-7,12,14-18,20,22-23H,8H2,1H3/b7-4+/t12-,14-,15+,16-,17-/m0/s1. The quantitative estimate of drug-likeness (QED) is 0.392. The first-order valence-electron chi connectivity index (χ1n) is 7.79. The van der Waals surface area contributed by atoms with Crippen LogP contribution in [0.15, 0.2) is 30.3 Å². The molecule has 0 radical (unpaired) electrons. The van der Waals surface area contributed by atoms with Crippen LogP contribution >= 0.6 is 0 Å². The number of ether oxygens (including phenoxy) is 3. The van der Waals surface area contributed by atoms with Crippen molar-refractivity contribution in [1.82, 2.24) is 0 Å². The molecule has 1 aliphatic rings. The maximum Gasteiger partial charge on any atom is 0.331 e. The highest BCUT2D eigenvalue weighted by molar-refractivity contribution is 5.87. The van der Waals surface area contributed by atoms with Crippen LogP contribution in [0.2, 0.25) is 0 Å². The van der Waals surface area contributed by atoms with Gasteiger partial charge in [0.05, 0.1) is 6.61 Å². The van der Waals surface area contributed by atoms with Crippen LogP contribution in [0, 0.1) is 0 Å². The number of carbonyl (C=O) groups is 2. The van der Waals surface area contributed by atoms with Crippen LogP contribution in [0.4, 0.5) is 0 Å². The summed E-state index contributed by atoms with van der Waals surface area (Å²) in [6.45, 7) is 0.462. The summed E-state index contributed by atoms with van der Waals surface area (Å²) in [5.41, 5.74) is 0.608. The Balaban J connectivity index is 2.09. The van der Waals surface area contributed by atoms with E-state index in [9.17, 15) is 24.9 Å². The van der Waals surface area contributed by atoms with Gasteiger partial charge in [-0.25, -0.2) is 4.79 Å². The molecule has 1 fully saturated rings. The van der Waals surface area contributed by atoms with Crippen molar-refractivity contribution in [3.8, 4) is 5.75 Å². The predicted octanol–water partition coefficient (Wildman–Crippen LogP) is -0.681. The number of aromatic hydroxyl groups is 1. The zero-order chi connectivity index (χ0) is 19.3. The molecule has 0 amide bonds. The molecule has 0 saturated carbocycles. The molecular weight excluding hydrogens is 348 g/mol. The molecule has 4 N–H and O–H groups in total. The van der Waals surface area contributed by atoms with E-state index in [0.717, 1.165) is 13.0 Å². The average Bonchev–Trinajstić information content (AvgIpc) is 2.60. The lowest BCUT2D eigenvalue weighted by Gasteiger charge is -2.40. The summed E-state index contributed by atoms with van der Waals surface area (Å²) in [4.78, 5) is 23.2. The van der Waals surface area contributed by atoms with Crippen molar-refractivity contribution in [3.05, 3.63) is 35.9 Å². The molecule has 1 heterocycles. The van der Waals surface area contributed by atoms with E-state index in [1.54, 1.807) is 12.1 Å². The second kappa shape index (κ2) is 8.77. The Morgan fingerprint density at radius 2 is 1.81 bits per heavy atom. The van der Waals surface area contributed by atoms with E-state index in [4.69, 9.17) is 19.3 Å². The fraction of sp³-hybridized carbons (Fsp3) is 0.412. The number of phenolic OH excluding ortho intramolecular Hbond substituents is 1. The molecular formula is C17H20O9. The number of hydrogen-bond donors (Lipinski definition) is 4. The van der Waals surface area contributed by atoms with Gasteiger partial charge < -0.3 is 34.6 Å². The highest BCUT2D eigenvalue weighted by Crippen LogP contribution is 2.25. The van der Waals surface area contributed by atoms with Gasteiger partial charge in [0.2, 0.25) is 0 Å². The molecule has 1 aliphatic heterocycles. The molecule has 1 saturated heterocycles. The van der Waals surface area contributed by atoms with Crippen LogP contribution in [0.1, 0.15) is 12.5 Å². The summed E-state index contributed by atoms with van der Waals surface area (Å²) in [7, 11) is 0. The summed E-state index contributed by atoms with van der Waals surface area (Å²) < 4.78 is 15.0. The van der Waals surface area contributed by atoms with Gasteiger partial charge in [0.15, 0.2) is 18.5 Å². The van der Waals surface area contributed by atoms with Gasteiger partial charge >= 0.3 is 11.9 Å². The molecule has 0 spiro atoms. The van der Waals surface area contributed by atoms with Crippen molar-refractivity contribution in [1.29, 1.82) is 0 Å². The molecule has 0 unspecified atom stereocenters. The first-order chi connectivity index (χ1) is 12.3. The Kier molecular flexibility index (Phi) is 6.70. The number of phenols is 1. The van der Waals surface area contributed by atoms with E-state index in [1.807, 2.05) is 0 Å².